The van der Waals surface area contributed by atoms with Crippen molar-refractivity contribution in [2.75, 3.05) is 52.2 Å². The third kappa shape index (κ3) is 3.45. The van der Waals surface area contributed by atoms with Crippen LogP contribution in [0.25, 0.3) is 0 Å². The van der Waals surface area contributed by atoms with Crippen LogP contribution in [0.3, 0.4) is 0 Å². The fraction of sp³-hybridized carbons (Fsp3) is 0.700. The van der Waals surface area contributed by atoms with E-state index in [1.165, 1.54) is 0 Å². The first-order valence-corrected chi connectivity index (χ1v) is 9.88. The molecule has 8 heteroatoms. The number of aryl methyl sites for hydroxylation is 1. The standard InChI is InChI=1S/C20H32N6O2/c1-13-14(2)21-16(22-17(13)25-9-8-15(12-25)23(5)6)18(27)26-11-10-24(7)19(28)20(26,3)4/h15H,8-12H2,1-7H3/t15-/m1/s1. The van der Waals surface area contributed by atoms with Gasteiger partial charge in [-0.25, -0.2) is 9.97 Å². The van der Waals surface area contributed by atoms with Crippen LogP contribution in [0.15, 0.2) is 0 Å². The SMILES string of the molecule is Cc1nc(C(=O)N2CCN(C)C(=O)C2(C)C)nc(N2CC[C@@H](N(C)C)C2)c1C. The summed E-state index contributed by atoms with van der Waals surface area (Å²) in [5.74, 6) is 0.666. The molecular weight excluding hydrogens is 356 g/mol. The third-order valence-corrected chi connectivity index (χ3v) is 6.20. The van der Waals surface area contributed by atoms with Crippen LogP contribution in [0.4, 0.5) is 5.82 Å². The largest absolute Gasteiger partial charge is 0.355 e. The molecule has 2 aliphatic rings. The molecule has 1 atom stereocenters. The molecule has 3 heterocycles. The van der Waals surface area contributed by atoms with Crippen molar-refractivity contribution in [3.63, 3.8) is 0 Å². The Hall–Kier alpha value is -2.22. The van der Waals surface area contributed by atoms with E-state index in [4.69, 9.17) is 0 Å². The fourth-order valence-electron chi connectivity index (χ4n) is 4.06. The first-order chi connectivity index (χ1) is 13.0. The van der Waals surface area contributed by atoms with Gasteiger partial charge in [-0.05, 0) is 48.2 Å². The van der Waals surface area contributed by atoms with E-state index in [2.05, 4.69) is 33.9 Å². The topological polar surface area (TPSA) is 72.9 Å². The third-order valence-electron chi connectivity index (χ3n) is 6.20. The molecule has 0 bridgehead atoms. The molecule has 0 N–H and O–H groups in total. The number of anilines is 1. The van der Waals surface area contributed by atoms with E-state index in [1.54, 1.807) is 30.7 Å². The summed E-state index contributed by atoms with van der Waals surface area (Å²) in [4.78, 5) is 42.7. The molecule has 8 nitrogen and oxygen atoms in total. The highest BCUT2D eigenvalue weighted by Gasteiger charge is 2.44. The van der Waals surface area contributed by atoms with Crippen molar-refractivity contribution >= 4 is 17.6 Å². The molecule has 2 aliphatic heterocycles. The minimum absolute atomic E-state index is 0.0653. The van der Waals surface area contributed by atoms with Gasteiger partial charge in [0.25, 0.3) is 5.91 Å². The van der Waals surface area contributed by atoms with Crippen LogP contribution in [0.5, 0.6) is 0 Å². The number of carbonyl (C=O) groups excluding carboxylic acids is 2. The highest BCUT2D eigenvalue weighted by molar-refractivity contribution is 5.97. The van der Waals surface area contributed by atoms with Gasteiger partial charge < -0.3 is 19.6 Å². The van der Waals surface area contributed by atoms with Gasteiger partial charge in [-0.2, -0.15) is 0 Å². The zero-order valence-corrected chi connectivity index (χ0v) is 18.1. The summed E-state index contributed by atoms with van der Waals surface area (Å²) in [6.07, 6.45) is 1.07. The molecule has 2 saturated heterocycles. The summed E-state index contributed by atoms with van der Waals surface area (Å²) in [7, 11) is 5.95. The summed E-state index contributed by atoms with van der Waals surface area (Å²) in [6.45, 7) is 10.3. The van der Waals surface area contributed by atoms with Crippen molar-refractivity contribution in [1.82, 2.24) is 24.7 Å². The fourth-order valence-corrected chi connectivity index (χ4v) is 4.06. The maximum atomic E-state index is 13.3. The van der Waals surface area contributed by atoms with Crippen molar-refractivity contribution < 1.29 is 9.59 Å². The van der Waals surface area contributed by atoms with Gasteiger partial charge in [0.05, 0.1) is 0 Å². The van der Waals surface area contributed by atoms with Crippen LogP contribution in [-0.2, 0) is 4.79 Å². The molecule has 2 amide bonds. The predicted molar refractivity (Wildman–Crippen MR) is 109 cm³/mol. The quantitative estimate of drug-likeness (QED) is 0.767. The number of nitrogens with zero attached hydrogens (tertiary/aromatic N) is 6. The van der Waals surface area contributed by atoms with Crippen LogP contribution < -0.4 is 4.90 Å². The van der Waals surface area contributed by atoms with Gasteiger partial charge >= 0.3 is 0 Å². The lowest BCUT2D eigenvalue weighted by molar-refractivity contribution is -0.144. The minimum Gasteiger partial charge on any atom is -0.355 e. The van der Waals surface area contributed by atoms with Crippen molar-refractivity contribution in [1.29, 1.82) is 0 Å². The van der Waals surface area contributed by atoms with E-state index >= 15 is 0 Å². The van der Waals surface area contributed by atoms with Crippen LogP contribution in [0.2, 0.25) is 0 Å². The lowest BCUT2D eigenvalue weighted by Gasteiger charge is -2.44. The maximum Gasteiger partial charge on any atom is 0.292 e. The molecule has 154 valence electrons. The zero-order chi connectivity index (χ0) is 20.8. The summed E-state index contributed by atoms with van der Waals surface area (Å²) >= 11 is 0. The van der Waals surface area contributed by atoms with Crippen LogP contribution in [-0.4, -0.2) is 95.4 Å². The average molecular weight is 389 g/mol. The first-order valence-electron chi connectivity index (χ1n) is 9.88. The monoisotopic (exact) mass is 388 g/mol. The molecule has 0 aliphatic carbocycles. The number of aromatic nitrogens is 2. The van der Waals surface area contributed by atoms with Crippen molar-refractivity contribution in [2.45, 2.75) is 45.7 Å². The van der Waals surface area contributed by atoms with Crippen molar-refractivity contribution in [3.8, 4) is 0 Å². The molecule has 0 radical (unpaired) electrons. The van der Waals surface area contributed by atoms with E-state index in [1.807, 2.05) is 13.8 Å². The van der Waals surface area contributed by atoms with Crippen LogP contribution in [0, 0.1) is 13.8 Å². The molecule has 0 saturated carbocycles. The van der Waals surface area contributed by atoms with E-state index in [0.29, 0.717) is 19.1 Å². The highest BCUT2D eigenvalue weighted by atomic mass is 16.2. The normalized spacial score (nSPS) is 22.4. The number of hydrogen-bond donors (Lipinski definition) is 0. The number of likely N-dealkylation sites (N-methyl/N-ethyl adjacent to an activating group) is 2. The molecule has 1 aromatic rings. The minimum atomic E-state index is -0.907. The molecule has 0 aromatic carbocycles. The van der Waals surface area contributed by atoms with Gasteiger partial charge in [0, 0.05) is 50.5 Å². The highest BCUT2D eigenvalue weighted by Crippen LogP contribution is 2.27. The second kappa shape index (κ2) is 7.31. The maximum absolute atomic E-state index is 13.3. The van der Waals surface area contributed by atoms with E-state index in [0.717, 1.165) is 36.6 Å². The molecule has 0 spiro atoms. The van der Waals surface area contributed by atoms with Gasteiger partial charge in [-0.1, -0.05) is 0 Å². The van der Waals surface area contributed by atoms with E-state index in [9.17, 15) is 9.59 Å². The Kier molecular flexibility index (Phi) is 5.36. The Bertz CT molecular complexity index is 791. The van der Waals surface area contributed by atoms with Crippen molar-refractivity contribution in [2.24, 2.45) is 0 Å². The Balaban J connectivity index is 1.92. The smallest absolute Gasteiger partial charge is 0.292 e. The second-order valence-corrected chi connectivity index (χ2v) is 8.68. The number of rotatable bonds is 3. The predicted octanol–water partition coefficient (Wildman–Crippen LogP) is 0.927. The van der Waals surface area contributed by atoms with Gasteiger partial charge in [0.15, 0.2) is 0 Å². The zero-order valence-electron chi connectivity index (χ0n) is 18.1. The Labute approximate surface area is 167 Å². The number of hydrogen-bond acceptors (Lipinski definition) is 6. The lowest BCUT2D eigenvalue weighted by Crippen LogP contribution is -2.63. The van der Waals surface area contributed by atoms with Gasteiger partial charge in [-0.15, -0.1) is 0 Å². The number of amides is 2. The average Bonchev–Trinajstić information content (AvgIpc) is 3.12. The van der Waals surface area contributed by atoms with Gasteiger partial charge in [-0.3, -0.25) is 9.59 Å². The second-order valence-electron chi connectivity index (χ2n) is 8.68. The first kappa shape index (κ1) is 20.5. The number of carbonyl (C=O) groups is 2. The Morgan fingerprint density at radius 3 is 2.43 bits per heavy atom. The lowest BCUT2D eigenvalue weighted by atomic mass is 9.97. The van der Waals surface area contributed by atoms with Gasteiger partial charge in [0.2, 0.25) is 11.7 Å². The van der Waals surface area contributed by atoms with E-state index < -0.39 is 5.54 Å². The molecule has 2 fully saturated rings. The summed E-state index contributed by atoms with van der Waals surface area (Å²) in [5.41, 5.74) is 0.903. The molecule has 3 rings (SSSR count). The molecule has 28 heavy (non-hydrogen) atoms. The van der Waals surface area contributed by atoms with E-state index in [-0.39, 0.29) is 17.6 Å². The molecule has 0 unspecified atom stereocenters. The van der Waals surface area contributed by atoms with Gasteiger partial charge in [0.1, 0.15) is 11.4 Å². The molecule has 1 aromatic heterocycles. The van der Waals surface area contributed by atoms with Crippen LogP contribution in [0.1, 0.15) is 42.1 Å². The summed E-state index contributed by atoms with van der Waals surface area (Å²) in [6, 6.07) is 0.475. The van der Waals surface area contributed by atoms with Crippen molar-refractivity contribution in [3.05, 3.63) is 17.1 Å². The number of piperazine rings is 1. The Morgan fingerprint density at radius 2 is 1.82 bits per heavy atom. The summed E-state index contributed by atoms with van der Waals surface area (Å²) in [5, 5.41) is 0. The van der Waals surface area contributed by atoms with Crippen LogP contribution >= 0.6 is 0 Å². The summed E-state index contributed by atoms with van der Waals surface area (Å²) < 4.78 is 0. The Morgan fingerprint density at radius 1 is 1.14 bits per heavy atom. The molecular formula is C20H32N6O2.